The molecule has 2 N–H and O–H groups in total. The van der Waals surface area contributed by atoms with Crippen LogP contribution in [-0.4, -0.2) is 11.4 Å². The number of hydrogen-bond acceptors (Lipinski definition) is 2. The van der Waals surface area contributed by atoms with Crippen molar-refractivity contribution in [2.75, 3.05) is 12.3 Å². The fourth-order valence-electron chi connectivity index (χ4n) is 2.57. The molecule has 0 unspecified atom stereocenters. The van der Waals surface area contributed by atoms with E-state index in [-0.39, 0.29) is 0 Å². The molecule has 0 saturated heterocycles. The highest BCUT2D eigenvalue weighted by Gasteiger charge is 2.24. The second-order valence-corrected chi connectivity index (χ2v) is 5.84. The highest BCUT2D eigenvalue weighted by molar-refractivity contribution is 5.39. The van der Waals surface area contributed by atoms with E-state index in [0.717, 1.165) is 24.7 Å². The maximum absolute atomic E-state index is 5.76. The van der Waals surface area contributed by atoms with Gasteiger partial charge in [0.25, 0.3) is 0 Å². The van der Waals surface area contributed by atoms with Crippen LogP contribution in [0.2, 0.25) is 0 Å². The molecule has 2 heteroatoms. The Bertz CT molecular complexity index is 529. The molecule has 0 atom stereocenters. The van der Waals surface area contributed by atoms with Crippen molar-refractivity contribution in [3.05, 3.63) is 65.7 Å². The second-order valence-electron chi connectivity index (χ2n) is 5.84. The van der Waals surface area contributed by atoms with Gasteiger partial charge in [-0.3, -0.25) is 4.90 Å². The number of hydrogen-bond donors (Lipinski definition) is 1. The van der Waals surface area contributed by atoms with Crippen LogP contribution < -0.4 is 5.73 Å². The predicted molar refractivity (Wildman–Crippen MR) is 84.1 cm³/mol. The van der Waals surface area contributed by atoms with E-state index in [1.165, 1.54) is 30.5 Å². The summed E-state index contributed by atoms with van der Waals surface area (Å²) in [5.74, 6) is 0.910. The minimum absolute atomic E-state index is 0.838. The van der Waals surface area contributed by atoms with Crippen LogP contribution in [0.4, 0.5) is 5.69 Å². The lowest BCUT2D eigenvalue weighted by atomic mass is 10.1. The molecule has 2 aromatic rings. The summed E-state index contributed by atoms with van der Waals surface area (Å²) in [6.45, 7) is 3.24. The Morgan fingerprint density at radius 2 is 1.45 bits per heavy atom. The van der Waals surface area contributed by atoms with Crippen molar-refractivity contribution in [1.29, 1.82) is 0 Å². The van der Waals surface area contributed by atoms with Crippen molar-refractivity contribution in [3.63, 3.8) is 0 Å². The number of anilines is 1. The number of nitrogen functional groups attached to an aromatic ring is 1. The van der Waals surface area contributed by atoms with Gasteiger partial charge in [-0.25, -0.2) is 0 Å². The summed E-state index contributed by atoms with van der Waals surface area (Å²) in [7, 11) is 0. The molecule has 1 aliphatic carbocycles. The van der Waals surface area contributed by atoms with E-state index >= 15 is 0 Å². The van der Waals surface area contributed by atoms with Gasteiger partial charge in [-0.2, -0.15) is 0 Å². The fraction of sp³-hybridized carbons (Fsp3) is 0.333. The number of benzene rings is 2. The van der Waals surface area contributed by atoms with Crippen molar-refractivity contribution in [2.45, 2.75) is 25.9 Å². The van der Waals surface area contributed by atoms with Gasteiger partial charge in [-0.1, -0.05) is 42.5 Å². The molecule has 0 spiro atoms. The zero-order valence-corrected chi connectivity index (χ0v) is 11.8. The van der Waals surface area contributed by atoms with E-state index in [0.29, 0.717) is 0 Å². The molecule has 2 aromatic carbocycles. The van der Waals surface area contributed by atoms with Crippen molar-refractivity contribution in [1.82, 2.24) is 4.90 Å². The van der Waals surface area contributed by atoms with Crippen LogP contribution in [0.5, 0.6) is 0 Å². The molecule has 1 aliphatic rings. The van der Waals surface area contributed by atoms with Crippen LogP contribution in [0.1, 0.15) is 24.0 Å². The molecule has 0 aliphatic heterocycles. The zero-order valence-electron chi connectivity index (χ0n) is 11.8. The van der Waals surface area contributed by atoms with E-state index in [1.54, 1.807) is 0 Å². The lowest BCUT2D eigenvalue weighted by Crippen LogP contribution is -2.25. The smallest absolute Gasteiger partial charge is 0.0314 e. The Labute approximate surface area is 121 Å². The third-order valence-corrected chi connectivity index (χ3v) is 3.85. The van der Waals surface area contributed by atoms with Gasteiger partial charge in [0.15, 0.2) is 0 Å². The van der Waals surface area contributed by atoms with E-state index in [2.05, 4.69) is 47.4 Å². The monoisotopic (exact) mass is 266 g/mol. The zero-order chi connectivity index (χ0) is 13.8. The highest BCUT2D eigenvalue weighted by Crippen LogP contribution is 2.30. The van der Waals surface area contributed by atoms with Crippen LogP contribution in [-0.2, 0) is 13.1 Å². The SMILES string of the molecule is Nc1ccc(CN(Cc2ccccc2)CC2CC2)cc1. The Hall–Kier alpha value is -1.80. The van der Waals surface area contributed by atoms with Crippen LogP contribution in [0.25, 0.3) is 0 Å². The molecule has 0 amide bonds. The Kier molecular flexibility index (Phi) is 4.03. The standard InChI is InChI=1S/C18H22N2/c19-18-10-8-17(9-11-18)14-20(13-16-6-7-16)12-15-4-2-1-3-5-15/h1-5,8-11,16H,6-7,12-14,19H2. The third kappa shape index (κ3) is 3.84. The molecule has 0 aromatic heterocycles. The van der Waals surface area contributed by atoms with Gasteiger partial charge in [0.2, 0.25) is 0 Å². The van der Waals surface area contributed by atoms with Gasteiger partial charge in [-0.05, 0) is 42.0 Å². The maximum atomic E-state index is 5.76. The molecule has 0 bridgehead atoms. The Balaban J connectivity index is 1.67. The predicted octanol–water partition coefficient (Wildman–Crippen LogP) is 3.68. The minimum Gasteiger partial charge on any atom is -0.399 e. The molecule has 2 nitrogen and oxygen atoms in total. The van der Waals surface area contributed by atoms with Gasteiger partial charge < -0.3 is 5.73 Å². The van der Waals surface area contributed by atoms with Crippen molar-refractivity contribution < 1.29 is 0 Å². The van der Waals surface area contributed by atoms with Gasteiger partial charge >= 0.3 is 0 Å². The summed E-state index contributed by atoms with van der Waals surface area (Å²) < 4.78 is 0. The van der Waals surface area contributed by atoms with Gasteiger partial charge in [0, 0.05) is 25.3 Å². The first-order valence-electron chi connectivity index (χ1n) is 7.40. The summed E-state index contributed by atoms with van der Waals surface area (Å²) in [5.41, 5.74) is 9.33. The molecule has 1 fully saturated rings. The van der Waals surface area contributed by atoms with E-state index in [4.69, 9.17) is 5.73 Å². The van der Waals surface area contributed by atoms with Gasteiger partial charge in [0.05, 0.1) is 0 Å². The molecule has 0 heterocycles. The normalized spacial score (nSPS) is 14.7. The molecular formula is C18H22N2. The summed E-state index contributed by atoms with van der Waals surface area (Å²) in [4.78, 5) is 2.55. The van der Waals surface area contributed by atoms with Crippen LogP contribution in [0, 0.1) is 5.92 Å². The molecule has 3 rings (SSSR count). The Morgan fingerprint density at radius 3 is 2.05 bits per heavy atom. The Morgan fingerprint density at radius 1 is 0.850 bits per heavy atom. The summed E-state index contributed by atoms with van der Waals surface area (Å²) in [5, 5.41) is 0. The number of rotatable bonds is 6. The highest BCUT2D eigenvalue weighted by atomic mass is 15.1. The largest absolute Gasteiger partial charge is 0.399 e. The number of nitrogens with zero attached hydrogens (tertiary/aromatic N) is 1. The van der Waals surface area contributed by atoms with Crippen LogP contribution in [0.3, 0.4) is 0 Å². The summed E-state index contributed by atoms with van der Waals surface area (Å²) in [6.07, 6.45) is 2.79. The summed E-state index contributed by atoms with van der Waals surface area (Å²) >= 11 is 0. The van der Waals surface area contributed by atoms with E-state index in [1.807, 2.05) is 12.1 Å². The van der Waals surface area contributed by atoms with Crippen molar-refractivity contribution in [2.24, 2.45) is 5.92 Å². The first-order valence-corrected chi connectivity index (χ1v) is 7.40. The average Bonchev–Trinajstić information content (AvgIpc) is 3.26. The van der Waals surface area contributed by atoms with Crippen LogP contribution in [0.15, 0.2) is 54.6 Å². The quantitative estimate of drug-likeness (QED) is 0.808. The molecule has 20 heavy (non-hydrogen) atoms. The van der Waals surface area contributed by atoms with Gasteiger partial charge in [-0.15, -0.1) is 0 Å². The van der Waals surface area contributed by atoms with Crippen molar-refractivity contribution in [3.8, 4) is 0 Å². The van der Waals surface area contributed by atoms with Gasteiger partial charge in [0.1, 0.15) is 0 Å². The first-order chi connectivity index (χ1) is 9.79. The number of nitrogens with two attached hydrogens (primary N) is 1. The molecular weight excluding hydrogens is 244 g/mol. The van der Waals surface area contributed by atoms with Crippen molar-refractivity contribution >= 4 is 5.69 Å². The van der Waals surface area contributed by atoms with E-state index in [9.17, 15) is 0 Å². The fourth-order valence-corrected chi connectivity index (χ4v) is 2.57. The molecule has 1 saturated carbocycles. The molecule has 0 radical (unpaired) electrons. The topological polar surface area (TPSA) is 29.3 Å². The summed E-state index contributed by atoms with van der Waals surface area (Å²) in [6, 6.07) is 19.0. The first kappa shape index (κ1) is 13.2. The van der Waals surface area contributed by atoms with E-state index < -0.39 is 0 Å². The molecule has 104 valence electrons. The average molecular weight is 266 g/mol. The second kappa shape index (κ2) is 6.10. The lowest BCUT2D eigenvalue weighted by molar-refractivity contribution is 0.246. The minimum atomic E-state index is 0.838. The van der Waals surface area contributed by atoms with Crippen LogP contribution >= 0.6 is 0 Å². The maximum Gasteiger partial charge on any atom is 0.0314 e. The lowest BCUT2D eigenvalue weighted by Gasteiger charge is -2.22. The third-order valence-electron chi connectivity index (χ3n) is 3.85.